The summed E-state index contributed by atoms with van der Waals surface area (Å²) in [6.07, 6.45) is 5.34. The highest BCUT2D eigenvalue weighted by molar-refractivity contribution is 5.77. The molecule has 0 radical (unpaired) electrons. The molecule has 5 rings (SSSR count). The zero-order chi connectivity index (χ0) is 19.4. The van der Waals surface area contributed by atoms with Crippen LogP contribution in [0.2, 0.25) is 0 Å². The zero-order valence-corrected chi connectivity index (χ0v) is 17.9. The Morgan fingerprint density at radius 2 is 1.93 bits per heavy atom. The van der Waals surface area contributed by atoms with Crippen LogP contribution in [0.1, 0.15) is 83.2 Å². The van der Waals surface area contributed by atoms with Crippen molar-refractivity contribution in [2.75, 3.05) is 6.54 Å². The molecule has 0 aromatic carbocycles. The largest absolute Gasteiger partial charge is 0.339 e. The summed E-state index contributed by atoms with van der Waals surface area (Å²) in [6.45, 7) is 15.7. The van der Waals surface area contributed by atoms with Gasteiger partial charge < -0.3 is 4.90 Å². The Kier molecular flexibility index (Phi) is 3.41. The van der Waals surface area contributed by atoms with Gasteiger partial charge in [-0.15, -0.1) is 0 Å². The van der Waals surface area contributed by atoms with Crippen molar-refractivity contribution < 1.29 is 4.79 Å². The van der Waals surface area contributed by atoms with Crippen LogP contribution in [0.4, 0.5) is 0 Å². The average molecular weight is 370 g/mol. The topological polar surface area (TPSA) is 38.1 Å². The minimum absolute atomic E-state index is 0.318. The van der Waals surface area contributed by atoms with Gasteiger partial charge in [-0.2, -0.15) is 5.10 Å². The van der Waals surface area contributed by atoms with E-state index in [1.54, 1.807) is 0 Å². The lowest BCUT2D eigenvalue weighted by atomic mass is 9.65. The minimum Gasteiger partial charge on any atom is -0.339 e. The molecular formula is C23H35N3O. The lowest BCUT2D eigenvalue weighted by Gasteiger charge is -2.39. The number of fused-ring (bicyclic) bond motifs is 5. The second kappa shape index (κ2) is 5.18. The number of nitrogens with zero attached hydrogens (tertiary/aromatic N) is 3. The highest BCUT2D eigenvalue weighted by Crippen LogP contribution is 2.70. The standard InChI is InChI=1S/C23H35N3O/c1-14-19-17(9-16-20(19)22(16,4)5)26(24-14)8-7-18(27)25-13-23(6)11-15(25)10-21(2,3)12-23/h15-16,20H,7-13H2,1-6H3/t15?,16-,20-,23?/m1/s1. The highest BCUT2D eigenvalue weighted by atomic mass is 16.2. The second-order valence-electron chi connectivity index (χ2n) is 11.8. The molecule has 4 nitrogen and oxygen atoms in total. The first-order valence-electron chi connectivity index (χ1n) is 10.9. The van der Waals surface area contributed by atoms with Crippen molar-refractivity contribution in [1.82, 2.24) is 14.7 Å². The van der Waals surface area contributed by atoms with Crippen LogP contribution < -0.4 is 0 Å². The Balaban J connectivity index is 1.28. The molecule has 2 unspecified atom stereocenters. The van der Waals surface area contributed by atoms with E-state index in [1.165, 1.54) is 29.8 Å². The summed E-state index contributed by atoms with van der Waals surface area (Å²) in [5.74, 6) is 1.84. The molecule has 1 aromatic rings. The number of aromatic nitrogens is 2. The zero-order valence-electron chi connectivity index (χ0n) is 17.9. The molecule has 148 valence electrons. The molecule has 0 N–H and O–H groups in total. The first kappa shape index (κ1) is 17.8. The predicted molar refractivity (Wildman–Crippen MR) is 107 cm³/mol. The lowest BCUT2D eigenvalue weighted by molar-refractivity contribution is -0.132. The Bertz CT molecular complexity index is 820. The molecule has 2 heterocycles. The summed E-state index contributed by atoms with van der Waals surface area (Å²) < 4.78 is 2.17. The van der Waals surface area contributed by atoms with Crippen molar-refractivity contribution in [3.05, 3.63) is 17.0 Å². The Hall–Kier alpha value is -1.32. The predicted octanol–water partition coefficient (Wildman–Crippen LogP) is 4.30. The van der Waals surface area contributed by atoms with E-state index in [4.69, 9.17) is 5.10 Å². The molecule has 1 amide bonds. The maximum absolute atomic E-state index is 13.1. The molecule has 4 heteroatoms. The summed E-state index contributed by atoms with van der Waals surface area (Å²) in [5, 5.41) is 4.82. The summed E-state index contributed by atoms with van der Waals surface area (Å²) in [6, 6.07) is 0.449. The van der Waals surface area contributed by atoms with Crippen LogP contribution in [-0.4, -0.2) is 33.2 Å². The van der Waals surface area contributed by atoms with E-state index in [-0.39, 0.29) is 0 Å². The Morgan fingerprint density at radius 1 is 1.19 bits per heavy atom. The monoisotopic (exact) mass is 369 g/mol. The molecular weight excluding hydrogens is 334 g/mol. The molecule has 27 heavy (non-hydrogen) atoms. The molecule has 3 fully saturated rings. The molecule has 3 aliphatic carbocycles. The molecule has 2 bridgehead atoms. The minimum atomic E-state index is 0.318. The Morgan fingerprint density at radius 3 is 2.67 bits per heavy atom. The molecule has 1 saturated heterocycles. The van der Waals surface area contributed by atoms with Gasteiger partial charge in [0, 0.05) is 36.8 Å². The van der Waals surface area contributed by atoms with Crippen LogP contribution in [0.25, 0.3) is 0 Å². The van der Waals surface area contributed by atoms with E-state index < -0.39 is 0 Å². The fourth-order valence-electron chi connectivity index (χ4n) is 7.45. The van der Waals surface area contributed by atoms with Gasteiger partial charge in [0.2, 0.25) is 5.91 Å². The SMILES string of the molecule is Cc1nn(CCC(=O)N2CC3(C)CC2CC(C)(C)C3)c2c1[C@H]1[C@@H](C2)C1(C)C. The van der Waals surface area contributed by atoms with Crippen molar-refractivity contribution >= 4 is 5.91 Å². The van der Waals surface area contributed by atoms with Crippen LogP contribution in [0, 0.1) is 29.1 Å². The van der Waals surface area contributed by atoms with E-state index >= 15 is 0 Å². The van der Waals surface area contributed by atoms with Gasteiger partial charge in [-0.3, -0.25) is 9.48 Å². The normalized spacial score (nSPS) is 37.3. The summed E-state index contributed by atoms with van der Waals surface area (Å²) >= 11 is 0. The van der Waals surface area contributed by atoms with Gasteiger partial charge in [0.1, 0.15) is 0 Å². The summed E-state index contributed by atoms with van der Waals surface area (Å²) in [4.78, 5) is 15.3. The van der Waals surface area contributed by atoms with Crippen LogP contribution in [-0.2, 0) is 17.8 Å². The highest BCUT2D eigenvalue weighted by Gasteiger charge is 2.63. The third-order valence-corrected chi connectivity index (χ3v) is 8.33. The van der Waals surface area contributed by atoms with Crippen molar-refractivity contribution in [3.8, 4) is 0 Å². The third kappa shape index (κ3) is 2.54. The second-order valence-corrected chi connectivity index (χ2v) is 11.8. The maximum Gasteiger partial charge on any atom is 0.224 e. The fraction of sp³-hybridized carbons (Fsp3) is 0.826. The number of hydrogen-bond acceptors (Lipinski definition) is 2. The van der Waals surface area contributed by atoms with E-state index in [0.717, 1.165) is 31.8 Å². The molecule has 4 atom stereocenters. The number of rotatable bonds is 3. The van der Waals surface area contributed by atoms with E-state index in [9.17, 15) is 4.79 Å². The van der Waals surface area contributed by atoms with Crippen molar-refractivity contribution in [2.45, 2.75) is 92.2 Å². The third-order valence-electron chi connectivity index (χ3n) is 8.33. The summed E-state index contributed by atoms with van der Waals surface area (Å²) in [5.41, 5.74) is 5.25. The van der Waals surface area contributed by atoms with Gasteiger partial charge >= 0.3 is 0 Å². The van der Waals surface area contributed by atoms with Gasteiger partial charge in [-0.05, 0) is 60.7 Å². The van der Waals surface area contributed by atoms with Crippen LogP contribution in [0.5, 0.6) is 0 Å². The van der Waals surface area contributed by atoms with Crippen molar-refractivity contribution in [2.24, 2.45) is 22.2 Å². The number of amides is 1. The maximum atomic E-state index is 13.1. The smallest absolute Gasteiger partial charge is 0.224 e. The van der Waals surface area contributed by atoms with E-state index in [1.807, 2.05) is 0 Å². The van der Waals surface area contributed by atoms with Gasteiger partial charge in [0.15, 0.2) is 0 Å². The van der Waals surface area contributed by atoms with E-state index in [2.05, 4.69) is 51.1 Å². The molecule has 4 aliphatic rings. The summed E-state index contributed by atoms with van der Waals surface area (Å²) in [7, 11) is 0. The van der Waals surface area contributed by atoms with Crippen LogP contribution >= 0.6 is 0 Å². The molecule has 2 saturated carbocycles. The van der Waals surface area contributed by atoms with Crippen LogP contribution in [0.3, 0.4) is 0 Å². The van der Waals surface area contributed by atoms with Crippen molar-refractivity contribution in [1.29, 1.82) is 0 Å². The first-order valence-corrected chi connectivity index (χ1v) is 10.9. The molecule has 0 spiro atoms. The number of carbonyl (C=O) groups excluding carboxylic acids is 1. The van der Waals surface area contributed by atoms with Crippen molar-refractivity contribution in [3.63, 3.8) is 0 Å². The van der Waals surface area contributed by atoms with E-state index in [0.29, 0.717) is 40.5 Å². The fourth-order valence-corrected chi connectivity index (χ4v) is 7.45. The van der Waals surface area contributed by atoms with Crippen LogP contribution in [0.15, 0.2) is 0 Å². The number of hydrogen-bond donors (Lipinski definition) is 0. The lowest BCUT2D eigenvalue weighted by Crippen LogP contribution is -2.38. The molecule has 1 aliphatic heterocycles. The van der Waals surface area contributed by atoms with Gasteiger partial charge in [-0.25, -0.2) is 0 Å². The first-order chi connectivity index (χ1) is 12.5. The van der Waals surface area contributed by atoms with Gasteiger partial charge in [0.05, 0.1) is 5.69 Å². The quantitative estimate of drug-likeness (QED) is 0.796. The number of carbonyl (C=O) groups is 1. The van der Waals surface area contributed by atoms with Gasteiger partial charge in [-0.1, -0.05) is 34.6 Å². The number of likely N-dealkylation sites (tertiary alicyclic amines) is 1. The average Bonchev–Trinajstić information content (AvgIpc) is 2.90. The van der Waals surface area contributed by atoms with Gasteiger partial charge in [0.25, 0.3) is 0 Å². The Labute approximate surface area is 163 Å². The molecule has 1 aromatic heterocycles. The number of aryl methyl sites for hydroxylation is 2.